The number of piperazine rings is 1. The number of nitrogens with zero attached hydrogens (tertiary/aromatic N) is 3. The molecule has 0 radical (unpaired) electrons. The van der Waals surface area contributed by atoms with Crippen LogP contribution in [0, 0.1) is 17.6 Å². The van der Waals surface area contributed by atoms with E-state index in [-0.39, 0.29) is 23.3 Å². The van der Waals surface area contributed by atoms with Gasteiger partial charge >= 0.3 is 0 Å². The summed E-state index contributed by atoms with van der Waals surface area (Å²) in [4.78, 5) is 21.0. The highest BCUT2D eigenvalue weighted by atomic mass is 32.2. The molecule has 0 bridgehead atoms. The highest BCUT2D eigenvalue weighted by molar-refractivity contribution is 7.91. The van der Waals surface area contributed by atoms with E-state index in [1.807, 2.05) is 4.90 Å². The number of aromatic nitrogens is 1. The minimum Gasteiger partial charge on any atom is -0.352 e. The number of hydrogen-bond acceptors (Lipinski definition) is 5. The molecule has 0 aliphatic carbocycles. The van der Waals surface area contributed by atoms with Crippen molar-refractivity contribution in [1.29, 1.82) is 0 Å². The smallest absolute Gasteiger partial charge is 0.226 e. The summed E-state index contributed by atoms with van der Waals surface area (Å²) in [6.45, 7) is 1.14. The molecule has 1 amide bonds. The monoisotopic (exact) mass is 435 g/mol. The van der Waals surface area contributed by atoms with Crippen molar-refractivity contribution in [2.45, 2.75) is 18.9 Å². The molecule has 2 aliphatic heterocycles. The molecular formula is C21H23F2N3O3S. The lowest BCUT2D eigenvalue weighted by Crippen LogP contribution is -2.53. The molecule has 1 aromatic heterocycles. The van der Waals surface area contributed by atoms with Gasteiger partial charge in [0.2, 0.25) is 5.91 Å². The van der Waals surface area contributed by atoms with Crippen LogP contribution >= 0.6 is 0 Å². The Labute approximate surface area is 174 Å². The lowest BCUT2D eigenvalue weighted by Gasteiger charge is -2.43. The summed E-state index contributed by atoms with van der Waals surface area (Å²) in [6, 6.07) is 8.69. The van der Waals surface area contributed by atoms with Crippen LogP contribution in [-0.2, 0) is 14.6 Å². The van der Waals surface area contributed by atoms with Crippen LogP contribution in [-0.4, -0.2) is 55.3 Å². The summed E-state index contributed by atoms with van der Waals surface area (Å²) in [6.07, 6.45) is 1.73. The molecule has 2 aliphatic rings. The highest BCUT2D eigenvalue weighted by Gasteiger charge is 2.38. The molecule has 2 aromatic rings. The van der Waals surface area contributed by atoms with Crippen LogP contribution < -0.4 is 4.90 Å². The molecule has 1 aromatic carbocycles. The number of anilines is 1. The number of rotatable bonds is 3. The molecule has 160 valence electrons. The molecule has 2 saturated heterocycles. The number of hydrogen-bond donors (Lipinski definition) is 0. The molecule has 6 nitrogen and oxygen atoms in total. The fourth-order valence-electron chi connectivity index (χ4n) is 4.19. The summed E-state index contributed by atoms with van der Waals surface area (Å²) in [5.74, 6) is -0.775. The summed E-state index contributed by atoms with van der Waals surface area (Å²) < 4.78 is 51.4. The molecule has 0 N–H and O–H groups in total. The number of carbonyl (C=O) groups excluding carboxylic acids is 1. The molecule has 1 unspecified atom stereocenters. The Bertz CT molecular complexity index is 1020. The van der Waals surface area contributed by atoms with Gasteiger partial charge in [0.25, 0.3) is 0 Å². The first-order valence-electron chi connectivity index (χ1n) is 9.96. The number of amides is 1. The molecule has 0 saturated carbocycles. The van der Waals surface area contributed by atoms with Crippen LogP contribution in [0.5, 0.6) is 0 Å². The number of carbonyl (C=O) groups is 1. The van der Waals surface area contributed by atoms with Crippen LogP contribution in [0.4, 0.5) is 14.6 Å². The number of benzene rings is 1. The summed E-state index contributed by atoms with van der Waals surface area (Å²) in [5.41, 5.74) is 0.404. The summed E-state index contributed by atoms with van der Waals surface area (Å²) in [5, 5.41) is 0. The van der Waals surface area contributed by atoms with E-state index in [9.17, 15) is 22.0 Å². The Morgan fingerprint density at radius 3 is 2.43 bits per heavy atom. The maximum Gasteiger partial charge on any atom is 0.226 e. The molecule has 4 rings (SSSR count). The predicted molar refractivity (Wildman–Crippen MR) is 109 cm³/mol. The van der Waals surface area contributed by atoms with E-state index in [4.69, 9.17) is 0 Å². The second kappa shape index (κ2) is 8.29. The fraction of sp³-hybridized carbons (Fsp3) is 0.429. The maximum absolute atomic E-state index is 14.6. The summed E-state index contributed by atoms with van der Waals surface area (Å²) >= 11 is 0. The lowest BCUT2D eigenvalue weighted by atomic mass is 9.96. The molecule has 9 heteroatoms. The van der Waals surface area contributed by atoms with E-state index >= 15 is 0 Å². The first-order valence-corrected chi connectivity index (χ1v) is 11.8. The predicted octanol–water partition coefficient (Wildman–Crippen LogP) is 2.57. The van der Waals surface area contributed by atoms with E-state index in [1.165, 1.54) is 12.1 Å². The Kier molecular flexibility index (Phi) is 5.73. The van der Waals surface area contributed by atoms with Gasteiger partial charge in [-0.1, -0.05) is 18.2 Å². The van der Waals surface area contributed by atoms with Gasteiger partial charge < -0.3 is 9.80 Å². The first-order chi connectivity index (χ1) is 14.3. The number of halogens is 2. The maximum atomic E-state index is 14.6. The van der Waals surface area contributed by atoms with Crippen molar-refractivity contribution in [1.82, 2.24) is 9.88 Å². The van der Waals surface area contributed by atoms with Gasteiger partial charge in [-0.2, -0.15) is 0 Å². The van der Waals surface area contributed by atoms with Crippen LogP contribution in [0.1, 0.15) is 24.4 Å². The van der Waals surface area contributed by atoms with Gasteiger partial charge in [0.05, 0.1) is 23.7 Å². The largest absolute Gasteiger partial charge is 0.352 e. The Balaban J connectivity index is 1.60. The van der Waals surface area contributed by atoms with Crippen molar-refractivity contribution in [3.63, 3.8) is 0 Å². The van der Waals surface area contributed by atoms with E-state index < -0.39 is 27.5 Å². The molecule has 30 heavy (non-hydrogen) atoms. The number of pyridine rings is 1. The van der Waals surface area contributed by atoms with Crippen LogP contribution in [0.3, 0.4) is 0 Å². The van der Waals surface area contributed by atoms with Gasteiger partial charge in [0.1, 0.15) is 27.3 Å². The first kappa shape index (κ1) is 20.7. The van der Waals surface area contributed by atoms with Crippen molar-refractivity contribution in [2.75, 3.05) is 36.0 Å². The summed E-state index contributed by atoms with van der Waals surface area (Å²) in [7, 11) is -3.08. The third-order valence-electron chi connectivity index (χ3n) is 5.87. The molecule has 0 spiro atoms. The standard InChI is InChI=1S/C21H23F2N3O3S/c22-16-5-6-20(24-13-16)25-9-10-26(19(14-25)17-3-1-2-4-18(17)23)21(27)15-7-11-30(28,29)12-8-15/h1-6,13,15,19H,7-12,14H2. The van der Waals surface area contributed by atoms with E-state index in [1.54, 1.807) is 29.2 Å². The zero-order chi connectivity index (χ0) is 21.3. The van der Waals surface area contributed by atoms with Crippen molar-refractivity contribution in [3.8, 4) is 0 Å². The molecule has 3 heterocycles. The molecule has 1 atom stereocenters. The lowest BCUT2D eigenvalue weighted by molar-refractivity contribution is -0.138. The molecular weight excluding hydrogens is 412 g/mol. The topological polar surface area (TPSA) is 70.6 Å². The Hall–Kier alpha value is -2.55. The van der Waals surface area contributed by atoms with E-state index in [2.05, 4.69) is 4.98 Å². The Morgan fingerprint density at radius 2 is 1.77 bits per heavy atom. The van der Waals surface area contributed by atoms with Gasteiger partial charge in [-0.3, -0.25) is 4.79 Å². The van der Waals surface area contributed by atoms with Crippen LogP contribution in [0.15, 0.2) is 42.6 Å². The van der Waals surface area contributed by atoms with Gasteiger partial charge in [-0.15, -0.1) is 0 Å². The van der Waals surface area contributed by atoms with Crippen molar-refractivity contribution < 1.29 is 22.0 Å². The zero-order valence-corrected chi connectivity index (χ0v) is 17.2. The highest BCUT2D eigenvalue weighted by Crippen LogP contribution is 2.32. The van der Waals surface area contributed by atoms with Crippen molar-refractivity contribution >= 4 is 21.6 Å². The number of sulfone groups is 1. The van der Waals surface area contributed by atoms with Gasteiger partial charge in [-0.05, 0) is 31.0 Å². The van der Waals surface area contributed by atoms with Crippen molar-refractivity contribution in [2.24, 2.45) is 5.92 Å². The van der Waals surface area contributed by atoms with Crippen molar-refractivity contribution in [3.05, 3.63) is 59.8 Å². The second-order valence-corrected chi connectivity index (χ2v) is 10.1. The molecule has 2 fully saturated rings. The van der Waals surface area contributed by atoms with Crippen LogP contribution in [0.2, 0.25) is 0 Å². The average Bonchev–Trinajstić information content (AvgIpc) is 2.74. The van der Waals surface area contributed by atoms with Crippen LogP contribution in [0.25, 0.3) is 0 Å². The average molecular weight is 435 g/mol. The minimum absolute atomic E-state index is 0.00718. The van der Waals surface area contributed by atoms with Gasteiger partial charge in [0, 0.05) is 31.1 Å². The third kappa shape index (κ3) is 4.30. The van der Waals surface area contributed by atoms with E-state index in [0.29, 0.717) is 43.9 Å². The second-order valence-electron chi connectivity index (χ2n) is 7.78. The quantitative estimate of drug-likeness (QED) is 0.741. The van der Waals surface area contributed by atoms with E-state index in [0.717, 1.165) is 6.20 Å². The van der Waals surface area contributed by atoms with Gasteiger partial charge in [-0.25, -0.2) is 22.2 Å². The normalized spacial score (nSPS) is 22.1. The fourth-order valence-corrected chi connectivity index (χ4v) is 5.68. The zero-order valence-electron chi connectivity index (χ0n) is 16.4. The SMILES string of the molecule is O=C(C1CCS(=O)(=O)CC1)N1CCN(c2ccc(F)cn2)CC1c1ccccc1F. The van der Waals surface area contributed by atoms with Gasteiger partial charge in [0.15, 0.2) is 0 Å². The minimum atomic E-state index is -3.08. The Morgan fingerprint density at radius 1 is 1.03 bits per heavy atom. The third-order valence-corrected chi connectivity index (χ3v) is 7.58.